The van der Waals surface area contributed by atoms with Crippen molar-refractivity contribution >= 4 is 17.6 Å². The molecule has 4 heteroatoms. The lowest BCUT2D eigenvalue weighted by Gasteiger charge is -2.16. The Balaban J connectivity index is 2.34. The highest BCUT2D eigenvalue weighted by Crippen LogP contribution is 2.21. The molecular formula is C15H23ClN2O. The monoisotopic (exact) mass is 282 g/mol. The summed E-state index contributed by atoms with van der Waals surface area (Å²) in [6, 6.07) is 7.31. The maximum Gasteiger partial charge on any atom is 0.315 e. The highest BCUT2D eigenvalue weighted by atomic mass is 35.5. The molecule has 0 radical (unpaired) electrons. The zero-order chi connectivity index (χ0) is 14.3. The van der Waals surface area contributed by atoms with Crippen LogP contribution in [0.5, 0.6) is 0 Å². The van der Waals surface area contributed by atoms with Gasteiger partial charge in [0.1, 0.15) is 0 Å². The third-order valence-electron chi connectivity index (χ3n) is 2.96. The first-order chi connectivity index (χ1) is 9.00. The molecule has 0 saturated heterocycles. The first kappa shape index (κ1) is 15.8. The van der Waals surface area contributed by atoms with Gasteiger partial charge in [-0.25, -0.2) is 4.79 Å². The van der Waals surface area contributed by atoms with E-state index in [1.54, 1.807) is 0 Å². The molecule has 106 valence electrons. The van der Waals surface area contributed by atoms with Gasteiger partial charge in [-0.15, -0.1) is 0 Å². The number of rotatable bonds is 6. The largest absolute Gasteiger partial charge is 0.338 e. The number of hydrogen-bond donors (Lipinski definition) is 2. The van der Waals surface area contributed by atoms with Crippen LogP contribution in [0.15, 0.2) is 24.3 Å². The molecule has 19 heavy (non-hydrogen) atoms. The number of benzene rings is 1. The van der Waals surface area contributed by atoms with Gasteiger partial charge in [-0.3, -0.25) is 0 Å². The molecule has 3 nitrogen and oxygen atoms in total. The van der Waals surface area contributed by atoms with Gasteiger partial charge in [-0.05, 0) is 37.3 Å². The standard InChI is InChI=1S/C15H23ClN2O/c1-11(2)7-6-10-17-15(19)18-12(3)13-8-4-5-9-14(13)16/h4-5,8-9,11-12H,6-7,10H2,1-3H3,(H2,17,18,19). The molecule has 0 heterocycles. The van der Waals surface area contributed by atoms with Crippen LogP contribution in [0.25, 0.3) is 0 Å². The molecular weight excluding hydrogens is 260 g/mol. The summed E-state index contributed by atoms with van der Waals surface area (Å²) < 4.78 is 0. The van der Waals surface area contributed by atoms with Gasteiger partial charge in [-0.2, -0.15) is 0 Å². The van der Waals surface area contributed by atoms with Gasteiger partial charge < -0.3 is 10.6 Å². The van der Waals surface area contributed by atoms with Gasteiger partial charge in [0.15, 0.2) is 0 Å². The molecule has 1 unspecified atom stereocenters. The minimum Gasteiger partial charge on any atom is -0.338 e. The molecule has 0 bridgehead atoms. The van der Waals surface area contributed by atoms with Gasteiger partial charge in [0.05, 0.1) is 6.04 Å². The second-order valence-corrected chi connectivity index (χ2v) is 5.59. The average molecular weight is 283 g/mol. The first-order valence-corrected chi connectivity index (χ1v) is 7.17. The summed E-state index contributed by atoms with van der Waals surface area (Å²) in [6.07, 6.45) is 2.13. The Morgan fingerprint density at radius 2 is 1.95 bits per heavy atom. The van der Waals surface area contributed by atoms with E-state index in [1.807, 2.05) is 31.2 Å². The van der Waals surface area contributed by atoms with Crippen molar-refractivity contribution in [3.8, 4) is 0 Å². The number of hydrogen-bond acceptors (Lipinski definition) is 1. The van der Waals surface area contributed by atoms with E-state index in [4.69, 9.17) is 11.6 Å². The van der Waals surface area contributed by atoms with Crippen LogP contribution >= 0.6 is 11.6 Å². The van der Waals surface area contributed by atoms with E-state index in [9.17, 15) is 4.79 Å². The second kappa shape index (κ2) is 8.05. The summed E-state index contributed by atoms with van der Waals surface area (Å²) >= 11 is 6.09. The summed E-state index contributed by atoms with van der Waals surface area (Å²) in [7, 11) is 0. The molecule has 2 amide bonds. The van der Waals surface area contributed by atoms with Gasteiger partial charge in [0.2, 0.25) is 0 Å². The Labute approximate surface area is 120 Å². The van der Waals surface area contributed by atoms with E-state index < -0.39 is 0 Å². The summed E-state index contributed by atoms with van der Waals surface area (Å²) in [4.78, 5) is 11.7. The highest BCUT2D eigenvalue weighted by Gasteiger charge is 2.11. The Morgan fingerprint density at radius 3 is 2.58 bits per heavy atom. The molecule has 0 aromatic heterocycles. The van der Waals surface area contributed by atoms with Crippen molar-refractivity contribution in [1.82, 2.24) is 10.6 Å². The average Bonchev–Trinajstić information content (AvgIpc) is 2.35. The maximum atomic E-state index is 11.7. The first-order valence-electron chi connectivity index (χ1n) is 6.79. The van der Waals surface area contributed by atoms with Crippen molar-refractivity contribution in [2.24, 2.45) is 5.92 Å². The number of halogens is 1. The molecule has 1 atom stereocenters. The molecule has 1 rings (SSSR count). The predicted octanol–water partition coefficient (Wildman–Crippen LogP) is 4.14. The smallest absolute Gasteiger partial charge is 0.315 e. The van der Waals surface area contributed by atoms with Crippen LogP contribution in [-0.2, 0) is 0 Å². The quantitative estimate of drug-likeness (QED) is 0.757. The molecule has 1 aromatic rings. The van der Waals surface area contributed by atoms with Crippen LogP contribution in [0.2, 0.25) is 5.02 Å². The third kappa shape index (κ3) is 5.97. The van der Waals surface area contributed by atoms with Gasteiger partial charge >= 0.3 is 6.03 Å². The van der Waals surface area contributed by atoms with E-state index in [1.165, 1.54) is 0 Å². The van der Waals surface area contributed by atoms with E-state index >= 15 is 0 Å². The summed E-state index contributed by atoms with van der Waals surface area (Å²) in [5, 5.41) is 6.43. The summed E-state index contributed by atoms with van der Waals surface area (Å²) in [5.74, 6) is 0.673. The summed E-state index contributed by atoms with van der Waals surface area (Å²) in [5.41, 5.74) is 0.932. The lowest BCUT2D eigenvalue weighted by molar-refractivity contribution is 0.237. The fraction of sp³-hybridized carbons (Fsp3) is 0.533. The zero-order valence-electron chi connectivity index (χ0n) is 11.9. The van der Waals surface area contributed by atoms with Gasteiger partial charge in [0, 0.05) is 11.6 Å². The third-order valence-corrected chi connectivity index (χ3v) is 3.31. The molecule has 0 aliphatic rings. The minimum absolute atomic E-state index is 0.0983. The topological polar surface area (TPSA) is 41.1 Å². The van der Waals surface area contributed by atoms with Crippen molar-refractivity contribution < 1.29 is 4.79 Å². The Bertz CT molecular complexity index is 407. The number of urea groups is 1. The minimum atomic E-state index is -0.142. The van der Waals surface area contributed by atoms with Gasteiger partial charge in [-0.1, -0.05) is 43.6 Å². The number of nitrogens with one attached hydrogen (secondary N) is 2. The van der Waals surface area contributed by atoms with Crippen LogP contribution in [-0.4, -0.2) is 12.6 Å². The Hall–Kier alpha value is -1.22. The van der Waals surface area contributed by atoms with Gasteiger partial charge in [0.25, 0.3) is 0 Å². The fourth-order valence-electron chi connectivity index (χ4n) is 1.86. The van der Waals surface area contributed by atoms with Crippen LogP contribution < -0.4 is 10.6 Å². The zero-order valence-corrected chi connectivity index (χ0v) is 12.6. The van der Waals surface area contributed by atoms with Crippen molar-refractivity contribution in [2.45, 2.75) is 39.7 Å². The van der Waals surface area contributed by atoms with E-state index in [0.717, 1.165) is 18.4 Å². The van der Waals surface area contributed by atoms with Crippen molar-refractivity contribution in [3.63, 3.8) is 0 Å². The SMILES string of the molecule is CC(C)CCCNC(=O)NC(C)c1ccccc1Cl. The van der Waals surface area contributed by atoms with Crippen LogP contribution in [0.1, 0.15) is 45.2 Å². The summed E-state index contributed by atoms with van der Waals surface area (Å²) in [6.45, 7) is 6.99. The predicted molar refractivity (Wildman–Crippen MR) is 80.5 cm³/mol. The van der Waals surface area contributed by atoms with E-state index in [2.05, 4.69) is 24.5 Å². The fourth-order valence-corrected chi connectivity index (χ4v) is 2.16. The van der Waals surface area contributed by atoms with Crippen molar-refractivity contribution in [3.05, 3.63) is 34.9 Å². The molecule has 0 fully saturated rings. The Morgan fingerprint density at radius 1 is 1.26 bits per heavy atom. The maximum absolute atomic E-state index is 11.7. The second-order valence-electron chi connectivity index (χ2n) is 5.18. The lowest BCUT2D eigenvalue weighted by atomic mass is 10.1. The Kier molecular flexibility index (Phi) is 6.71. The van der Waals surface area contributed by atoms with Crippen LogP contribution in [0.4, 0.5) is 4.79 Å². The lowest BCUT2D eigenvalue weighted by Crippen LogP contribution is -2.37. The number of carbonyl (C=O) groups is 1. The van der Waals surface area contributed by atoms with E-state index in [-0.39, 0.29) is 12.1 Å². The number of amides is 2. The van der Waals surface area contributed by atoms with Crippen LogP contribution in [0, 0.1) is 5.92 Å². The number of carbonyl (C=O) groups excluding carboxylic acids is 1. The van der Waals surface area contributed by atoms with E-state index in [0.29, 0.717) is 17.5 Å². The molecule has 0 aliphatic carbocycles. The normalized spacial score (nSPS) is 12.3. The molecule has 0 spiro atoms. The molecule has 0 aliphatic heterocycles. The highest BCUT2D eigenvalue weighted by molar-refractivity contribution is 6.31. The molecule has 0 saturated carbocycles. The van der Waals surface area contributed by atoms with Crippen LogP contribution in [0.3, 0.4) is 0 Å². The van der Waals surface area contributed by atoms with Crippen molar-refractivity contribution in [1.29, 1.82) is 0 Å². The molecule has 1 aromatic carbocycles. The van der Waals surface area contributed by atoms with Crippen molar-refractivity contribution in [2.75, 3.05) is 6.54 Å². The molecule has 2 N–H and O–H groups in total.